The summed E-state index contributed by atoms with van der Waals surface area (Å²) in [5.74, 6) is -0.853. The Morgan fingerprint density at radius 3 is 2.74 bits per heavy atom. The number of piperidine rings is 1. The summed E-state index contributed by atoms with van der Waals surface area (Å²) in [4.78, 5) is 13.1. The molecular formula is C15H22N2O2. The van der Waals surface area contributed by atoms with Crippen molar-refractivity contribution in [2.24, 2.45) is 5.73 Å². The number of carbonyl (C=O) groups is 1. The molecular weight excluding hydrogens is 240 g/mol. The minimum absolute atomic E-state index is 0.0207. The highest BCUT2D eigenvalue weighted by Crippen LogP contribution is 2.18. The Morgan fingerprint density at radius 2 is 2.05 bits per heavy atom. The summed E-state index contributed by atoms with van der Waals surface area (Å²) in [5, 5.41) is 8.79. The molecule has 19 heavy (non-hydrogen) atoms. The Hall–Kier alpha value is -1.39. The van der Waals surface area contributed by atoms with Gasteiger partial charge in [-0.2, -0.15) is 0 Å². The summed E-state index contributed by atoms with van der Waals surface area (Å²) in [5.41, 5.74) is 8.04. The molecule has 0 radical (unpaired) electrons. The first-order valence-electron chi connectivity index (χ1n) is 6.94. The lowest BCUT2D eigenvalue weighted by Crippen LogP contribution is -2.29. The van der Waals surface area contributed by atoms with E-state index in [1.54, 1.807) is 0 Å². The van der Waals surface area contributed by atoms with Crippen molar-refractivity contribution in [3.8, 4) is 0 Å². The van der Waals surface area contributed by atoms with E-state index in [2.05, 4.69) is 11.0 Å². The zero-order valence-corrected chi connectivity index (χ0v) is 11.2. The molecule has 1 atom stereocenters. The van der Waals surface area contributed by atoms with Crippen LogP contribution >= 0.6 is 0 Å². The standard InChI is InChI=1S/C15H22N2O2/c16-14(10-15(18)19)13-6-4-5-12(9-13)11-17-7-2-1-3-8-17/h4-6,9,14H,1-3,7-8,10-11,16H2,(H,18,19). The van der Waals surface area contributed by atoms with Crippen molar-refractivity contribution in [2.75, 3.05) is 13.1 Å². The van der Waals surface area contributed by atoms with Crippen LogP contribution in [-0.4, -0.2) is 29.1 Å². The van der Waals surface area contributed by atoms with Crippen molar-refractivity contribution in [3.05, 3.63) is 35.4 Å². The molecule has 1 aromatic carbocycles. The van der Waals surface area contributed by atoms with E-state index < -0.39 is 12.0 Å². The zero-order valence-electron chi connectivity index (χ0n) is 11.2. The number of hydrogen-bond acceptors (Lipinski definition) is 3. The van der Waals surface area contributed by atoms with Crippen LogP contribution < -0.4 is 5.73 Å². The fourth-order valence-electron chi connectivity index (χ4n) is 2.60. The molecule has 1 fully saturated rings. The molecule has 1 aliphatic rings. The summed E-state index contributed by atoms with van der Waals surface area (Å²) in [7, 11) is 0. The molecule has 0 amide bonds. The fraction of sp³-hybridized carbons (Fsp3) is 0.533. The Kier molecular flexibility index (Phi) is 4.93. The molecule has 0 aliphatic carbocycles. The predicted octanol–water partition coefficient (Wildman–Crippen LogP) is 2.15. The van der Waals surface area contributed by atoms with Crippen LogP contribution in [0.15, 0.2) is 24.3 Å². The lowest BCUT2D eigenvalue weighted by molar-refractivity contribution is -0.137. The van der Waals surface area contributed by atoms with Crippen LogP contribution in [0.2, 0.25) is 0 Å². The number of likely N-dealkylation sites (tertiary alicyclic amines) is 1. The molecule has 2 rings (SSSR count). The Labute approximate surface area is 114 Å². The topological polar surface area (TPSA) is 66.6 Å². The van der Waals surface area contributed by atoms with Crippen molar-refractivity contribution in [2.45, 2.75) is 38.3 Å². The van der Waals surface area contributed by atoms with Gasteiger partial charge in [0, 0.05) is 12.6 Å². The number of hydrogen-bond donors (Lipinski definition) is 2. The van der Waals surface area contributed by atoms with Gasteiger partial charge in [0.15, 0.2) is 0 Å². The molecule has 3 N–H and O–H groups in total. The van der Waals surface area contributed by atoms with E-state index in [-0.39, 0.29) is 6.42 Å². The van der Waals surface area contributed by atoms with Crippen LogP contribution in [0.3, 0.4) is 0 Å². The smallest absolute Gasteiger partial charge is 0.305 e. The number of rotatable bonds is 5. The molecule has 0 saturated carbocycles. The molecule has 1 aromatic rings. The van der Waals surface area contributed by atoms with Gasteiger partial charge >= 0.3 is 5.97 Å². The van der Waals surface area contributed by atoms with Gasteiger partial charge in [-0.15, -0.1) is 0 Å². The predicted molar refractivity (Wildman–Crippen MR) is 74.8 cm³/mol. The highest BCUT2D eigenvalue weighted by atomic mass is 16.4. The minimum Gasteiger partial charge on any atom is -0.481 e. The Bertz CT molecular complexity index is 428. The third-order valence-corrected chi connectivity index (χ3v) is 3.63. The molecule has 4 heteroatoms. The van der Waals surface area contributed by atoms with Gasteiger partial charge in [0.05, 0.1) is 6.42 Å². The summed E-state index contributed by atoms with van der Waals surface area (Å²) in [6.07, 6.45) is 3.86. The van der Waals surface area contributed by atoms with Crippen LogP contribution in [0.1, 0.15) is 42.9 Å². The number of nitrogens with zero attached hydrogens (tertiary/aromatic N) is 1. The highest BCUT2D eigenvalue weighted by Gasteiger charge is 2.13. The molecule has 0 aromatic heterocycles. The minimum atomic E-state index is -0.853. The molecule has 104 valence electrons. The molecule has 0 bridgehead atoms. The number of benzene rings is 1. The van der Waals surface area contributed by atoms with E-state index in [0.717, 1.165) is 25.2 Å². The van der Waals surface area contributed by atoms with Gasteiger partial charge in [0.25, 0.3) is 0 Å². The maximum atomic E-state index is 10.7. The maximum absolute atomic E-state index is 10.7. The van der Waals surface area contributed by atoms with E-state index >= 15 is 0 Å². The third kappa shape index (κ3) is 4.33. The van der Waals surface area contributed by atoms with Crippen molar-refractivity contribution in [3.63, 3.8) is 0 Å². The van der Waals surface area contributed by atoms with Crippen molar-refractivity contribution in [1.29, 1.82) is 0 Å². The van der Waals surface area contributed by atoms with Crippen molar-refractivity contribution in [1.82, 2.24) is 4.90 Å². The van der Waals surface area contributed by atoms with Crippen LogP contribution in [-0.2, 0) is 11.3 Å². The molecule has 1 heterocycles. The second-order valence-corrected chi connectivity index (χ2v) is 5.29. The van der Waals surface area contributed by atoms with Gasteiger partial charge in [0.1, 0.15) is 0 Å². The first-order valence-corrected chi connectivity index (χ1v) is 6.94. The van der Waals surface area contributed by atoms with Crippen LogP contribution in [0, 0.1) is 0 Å². The average molecular weight is 262 g/mol. The third-order valence-electron chi connectivity index (χ3n) is 3.63. The van der Waals surface area contributed by atoms with Crippen LogP contribution in [0.25, 0.3) is 0 Å². The van der Waals surface area contributed by atoms with Gasteiger partial charge in [-0.05, 0) is 37.1 Å². The average Bonchev–Trinajstić information content (AvgIpc) is 2.39. The number of carboxylic acids is 1. The van der Waals surface area contributed by atoms with Crippen LogP contribution in [0.5, 0.6) is 0 Å². The molecule has 1 aliphatic heterocycles. The van der Waals surface area contributed by atoms with Crippen LogP contribution in [0.4, 0.5) is 0 Å². The second-order valence-electron chi connectivity index (χ2n) is 5.29. The quantitative estimate of drug-likeness (QED) is 0.853. The molecule has 1 unspecified atom stereocenters. The summed E-state index contributed by atoms with van der Waals surface area (Å²) in [6, 6.07) is 7.59. The number of nitrogens with two attached hydrogens (primary N) is 1. The Balaban J connectivity index is 1.99. The number of carboxylic acid groups (broad SMARTS) is 1. The van der Waals surface area contributed by atoms with Gasteiger partial charge in [-0.25, -0.2) is 0 Å². The van der Waals surface area contributed by atoms with E-state index in [1.807, 2.05) is 18.2 Å². The Morgan fingerprint density at radius 1 is 1.32 bits per heavy atom. The summed E-state index contributed by atoms with van der Waals surface area (Å²) >= 11 is 0. The van der Waals surface area contributed by atoms with Gasteiger partial charge < -0.3 is 10.8 Å². The normalized spacial score (nSPS) is 18.2. The monoisotopic (exact) mass is 262 g/mol. The fourth-order valence-corrected chi connectivity index (χ4v) is 2.60. The SMILES string of the molecule is NC(CC(=O)O)c1cccc(CN2CCCCC2)c1. The lowest BCUT2D eigenvalue weighted by Gasteiger charge is -2.26. The van der Waals surface area contributed by atoms with E-state index in [9.17, 15) is 4.79 Å². The lowest BCUT2D eigenvalue weighted by atomic mass is 10.0. The van der Waals surface area contributed by atoms with Crippen molar-refractivity contribution >= 4 is 5.97 Å². The second kappa shape index (κ2) is 6.68. The first kappa shape index (κ1) is 14.0. The van der Waals surface area contributed by atoms with Gasteiger partial charge in [-0.1, -0.05) is 30.7 Å². The largest absolute Gasteiger partial charge is 0.481 e. The van der Waals surface area contributed by atoms with Gasteiger partial charge in [0.2, 0.25) is 0 Å². The van der Waals surface area contributed by atoms with E-state index in [1.165, 1.54) is 24.8 Å². The van der Waals surface area contributed by atoms with E-state index in [4.69, 9.17) is 10.8 Å². The molecule has 1 saturated heterocycles. The first-order chi connectivity index (χ1) is 9.15. The van der Waals surface area contributed by atoms with Crippen molar-refractivity contribution < 1.29 is 9.90 Å². The van der Waals surface area contributed by atoms with Gasteiger partial charge in [-0.3, -0.25) is 9.69 Å². The summed E-state index contributed by atoms with van der Waals surface area (Å²) in [6.45, 7) is 3.25. The zero-order chi connectivity index (χ0) is 13.7. The number of aliphatic carboxylic acids is 1. The maximum Gasteiger partial charge on any atom is 0.305 e. The molecule has 4 nitrogen and oxygen atoms in total. The van der Waals surface area contributed by atoms with E-state index in [0.29, 0.717) is 0 Å². The summed E-state index contributed by atoms with van der Waals surface area (Å²) < 4.78 is 0. The highest BCUT2D eigenvalue weighted by molar-refractivity contribution is 5.67. The molecule has 0 spiro atoms.